The molecule has 1 aromatic carbocycles. The number of rotatable bonds is 2. The van der Waals surface area contributed by atoms with Crippen LogP contribution in [-0.2, 0) is 9.59 Å². The fourth-order valence-electron chi connectivity index (χ4n) is 7.78. The van der Waals surface area contributed by atoms with Gasteiger partial charge in [0.2, 0.25) is 5.91 Å². The maximum Gasteiger partial charge on any atom is 0.230 e. The van der Waals surface area contributed by atoms with Crippen molar-refractivity contribution < 1.29 is 45.0 Å². The van der Waals surface area contributed by atoms with E-state index in [0.717, 1.165) is 6.07 Å². The van der Waals surface area contributed by atoms with E-state index in [4.69, 9.17) is 5.73 Å². The van der Waals surface area contributed by atoms with E-state index in [1.807, 2.05) is 0 Å². The number of fused-ring (bicyclic) bond motifs is 3. The zero-order valence-electron chi connectivity index (χ0n) is 20.3. The second-order valence-corrected chi connectivity index (χ2v) is 11.3. The lowest BCUT2D eigenvalue weighted by atomic mass is 9.36. The largest absolute Gasteiger partial charge is 0.508 e. The summed E-state index contributed by atoms with van der Waals surface area (Å²) >= 11 is 0. The number of primary amides is 1. The number of Topliss-reactive ketones (excluding diaryl/α,β-unsaturated/α-hetero) is 2. The third-order valence-electron chi connectivity index (χ3n) is 9.54. The van der Waals surface area contributed by atoms with E-state index >= 15 is 0 Å². The number of hydrogen-bond donors (Lipinski definition) is 7. The van der Waals surface area contributed by atoms with Gasteiger partial charge in [0.1, 0.15) is 23.5 Å². The molecule has 0 spiro atoms. The van der Waals surface area contributed by atoms with Gasteiger partial charge in [-0.2, -0.15) is 0 Å². The average molecular weight is 492 g/mol. The summed E-state index contributed by atoms with van der Waals surface area (Å²) < 4.78 is 0. The lowest BCUT2D eigenvalue weighted by Crippen LogP contribution is -2.83. The Hall–Kier alpha value is -2.53. The van der Waals surface area contributed by atoms with E-state index in [-0.39, 0.29) is 16.9 Å². The Labute approximate surface area is 202 Å². The molecule has 35 heavy (non-hydrogen) atoms. The van der Waals surface area contributed by atoms with Crippen LogP contribution in [0, 0.1) is 34.5 Å². The van der Waals surface area contributed by atoms with Crippen LogP contribution in [0.2, 0.25) is 0 Å². The van der Waals surface area contributed by atoms with Gasteiger partial charge in [0.15, 0.2) is 17.2 Å². The van der Waals surface area contributed by atoms with Crippen molar-refractivity contribution in [2.45, 2.75) is 64.4 Å². The smallest absolute Gasteiger partial charge is 0.230 e. The van der Waals surface area contributed by atoms with Crippen LogP contribution >= 0.6 is 0 Å². The molecular weight excluding hydrogens is 458 g/mol. The Morgan fingerprint density at radius 2 is 1.66 bits per heavy atom. The number of nitrogens with two attached hydrogens (primary N) is 1. The van der Waals surface area contributed by atoms with Crippen molar-refractivity contribution in [2.75, 3.05) is 0 Å². The standard InChI is InChI=1S/C25H33NO9/c1-8(2)15-18(30)14(21(26)33)19(31)25(35)20(32)16-17(29)13-11(6-10(27)7-12(13)28)9(3)23(16,4)22(34)24(15,25)5/h6-9,14-16,18,20,22,27-28,30,32,34-35H,1-5H3,(H2,26,33)/t9-,14?,15+,16?,18?,20?,22-,23+,24+,25+/m1/s1. The summed E-state index contributed by atoms with van der Waals surface area (Å²) in [6.45, 7) is 7.93. The van der Waals surface area contributed by atoms with E-state index in [0.29, 0.717) is 0 Å². The molecule has 0 aliphatic heterocycles. The first-order valence-electron chi connectivity index (χ1n) is 11.7. The molecule has 4 rings (SSSR count). The van der Waals surface area contributed by atoms with Gasteiger partial charge in [-0.3, -0.25) is 14.4 Å². The fourth-order valence-corrected chi connectivity index (χ4v) is 7.78. The molecule has 10 atom stereocenters. The van der Waals surface area contributed by atoms with Gasteiger partial charge in [-0.15, -0.1) is 0 Å². The molecule has 0 bridgehead atoms. The minimum atomic E-state index is -2.82. The molecular formula is C25H33NO9. The molecule has 10 heteroatoms. The maximum atomic E-state index is 13.7. The number of ketones is 2. The van der Waals surface area contributed by atoms with E-state index in [9.17, 15) is 45.0 Å². The van der Waals surface area contributed by atoms with Crippen LogP contribution in [0.1, 0.15) is 56.5 Å². The third kappa shape index (κ3) is 2.71. The number of phenols is 2. The molecule has 10 nitrogen and oxygen atoms in total. The zero-order chi connectivity index (χ0) is 26.6. The van der Waals surface area contributed by atoms with Crippen molar-refractivity contribution in [1.29, 1.82) is 0 Å². The van der Waals surface area contributed by atoms with E-state index in [1.165, 1.54) is 19.9 Å². The predicted molar refractivity (Wildman–Crippen MR) is 121 cm³/mol. The quantitative estimate of drug-likeness (QED) is 0.274. The molecule has 3 aliphatic rings. The van der Waals surface area contributed by atoms with Crippen LogP contribution in [0.3, 0.4) is 0 Å². The van der Waals surface area contributed by atoms with Gasteiger partial charge >= 0.3 is 0 Å². The number of carbonyl (C=O) groups is 3. The molecule has 0 aromatic heterocycles. The average Bonchev–Trinajstić information content (AvgIpc) is 2.73. The lowest BCUT2D eigenvalue weighted by Gasteiger charge is -2.69. The molecule has 1 amide bonds. The van der Waals surface area contributed by atoms with Crippen molar-refractivity contribution in [3.8, 4) is 11.5 Å². The molecule has 2 saturated carbocycles. The highest BCUT2D eigenvalue weighted by Crippen LogP contribution is 2.68. The van der Waals surface area contributed by atoms with Crippen LogP contribution < -0.4 is 5.73 Å². The van der Waals surface area contributed by atoms with Crippen molar-refractivity contribution in [3.05, 3.63) is 23.3 Å². The van der Waals surface area contributed by atoms with Crippen molar-refractivity contribution in [1.82, 2.24) is 0 Å². The number of hydrogen-bond acceptors (Lipinski definition) is 9. The summed E-state index contributed by atoms with van der Waals surface area (Å²) in [6, 6.07) is 2.27. The molecule has 0 radical (unpaired) electrons. The Morgan fingerprint density at radius 3 is 2.17 bits per heavy atom. The van der Waals surface area contributed by atoms with Gasteiger partial charge in [-0.25, -0.2) is 0 Å². The van der Waals surface area contributed by atoms with Crippen molar-refractivity contribution >= 4 is 17.5 Å². The minimum absolute atomic E-state index is 0.189. The van der Waals surface area contributed by atoms with Crippen LogP contribution in [-0.4, -0.2) is 72.0 Å². The molecule has 2 fully saturated rings. The van der Waals surface area contributed by atoms with Crippen LogP contribution in [0.15, 0.2) is 12.1 Å². The first-order valence-corrected chi connectivity index (χ1v) is 11.7. The van der Waals surface area contributed by atoms with Gasteiger partial charge in [0.25, 0.3) is 0 Å². The second-order valence-electron chi connectivity index (χ2n) is 11.3. The Bertz CT molecular complexity index is 1130. The number of amides is 1. The summed E-state index contributed by atoms with van der Waals surface area (Å²) in [6.07, 6.45) is -5.40. The SMILES string of the molecule is CC(C)[C@H]1C(O)C(C(N)=O)C(=O)[C@]2(O)C(O)C3C(=O)c4c(O)cc(O)cc4[C@@H](C)[C@]3(C)[C@@H](O)[C@]12C. The van der Waals surface area contributed by atoms with Crippen molar-refractivity contribution in [3.63, 3.8) is 0 Å². The second kappa shape index (κ2) is 7.49. The van der Waals surface area contributed by atoms with Crippen molar-refractivity contribution in [2.24, 2.45) is 40.2 Å². The Morgan fingerprint density at radius 1 is 1.09 bits per heavy atom. The molecule has 192 valence electrons. The van der Waals surface area contributed by atoms with E-state index in [1.54, 1.807) is 20.8 Å². The lowest BCUT2D eigenvalue weighted by molar-refractivity contribution is -0.306. The topological polar surface area (TPSA) is 199 Å². The number of phenolic OH excluding ortho intramolecular Hbond substituents is 2. The number of aromatic hydroxyl groups is 2. The monoisotopic (exact) mass is 491 g/mol. The first-order chi connectivity index (χ1) is 16.0. The fraction of sp³-hybridized carbons (Fsp3) is 0.640. The molecule has 3 aliphatic carbocycles. The number of carbonyl (C=O) groups excluding carboxylic acids is 3. The van der Waals surface area contributed by atoms with Crippen LogP contribution in [0.5, 0.6) is 11.5 Å². The van der Waals surface area contributed by atoms with Crippen LogP contribution in [0.4, 0.5) is 0 Å². The minimum Gasteiger partial charge on any atom is -0.508 e. The molecule has 0 heterocycles. The molecule has 8 N–H and O–H groups in total. The van der Waals surface area contributed by atoms with Gasteiger partial charge in [0.05, 0.1) is 23.7 Å². The first kappa shape index (κ1) is 25.6. The third-order valence-corrected chi connectivity index (χ3v) is 9.54. The number of benzene rings is 1. The van der Waals surface area contributed by atoms with Gasteiger partial charge in [-0.1, -0.05) is 34.6 Å². The van der Waals surface area contributed by atoms with Gasteiger partial charge in [-0.05, 0) is 29.4 Å². The molecule has 0 saturated heterocycles. The summed E-state index contributed by atoms with van der Waals surface area (Å²) in [5.74, 6) is -9.86. The van der Waals surface area contributed by atoms with Gasteiger partial charge < -0.3 is 36.4 Å². The summed E-state index contributed by atoms with van der Waals surface area (Å²) in [5.41, 5.74) is -0.749. The maximum absolute atomic E-state index is 13.7. The Kier molecular flexibility index (Phi) is 5.47. The van der Waals surface area contributed by atoms with E-state index < -0.39 is 87.6 Å². The van der Waals surface area contributed by atoms with E-state index in [2.05, 4.69) is 0 Å². The normalized spacial score (nSPS) is 45.0. The number of aliphatic hydroxyl groups is 4. The van der Waals surface area contributed by atoms with Gasteiger partial charge in [0, 0.05) is 16.9 Å². The summed E-state index contributed by atoms with van der Waals surface area (Å²) in [4.78, 5) is 39.6. The summed E-state index contributed by atoms with van der Waals surface area (Å²) in [5, 5.41) is 67.3. The Balaban J connectivity index is 2.06. The summed E-state index contributed by atoms with van der Waals surface area (Å²) in [7, 11) is 0. The highest BCUT2D eigenvalue weighted by atomic mass is 16.4. The van der Waals surface area contributed by atoms with Crippen LogP contribution in [0.25, 0.3) is 0 Å². The molecule has 4 unspecified atom stereocenters. The predicted octanol–water partition coefficient (Wildman–Crippen LogP) is -0.190. The molecule has 1 aromatic rings. The highest BCUT2D eigenvalue weighted by molar-refractivity contribution is 6.09. The zero-order valence-corrected chi connectivity index (χ0v) is 20.3. The highest BCUT2D eigenvalue weighted by Gasteiger charge is 2.80. The number of aliphatic hydroxyl groups excluding tert-OH is 3.